The van der Waals surface area contributed by atoms with Crippen LogP contribution in [-0.4, -0.2) is 35.4 Å². The molecule has 0 radical (unpaired) electrons. The van der Waals surface area contributed by atoms with E-state index in [2.05, 4.69) is 10.6 Å². The van der Waals surface area contributed by atoms with Crippen molar-refractivity contribution in [1.82, 2.24) is 5.32 Å². The number of thioether (sulfide) groups is 1. The van der Waals surface area contributed by atoms with Gasteiger partial charge in [0.1, 0.15) is 5.69 Å². The van der Waals surface area contributed by atoms with Gasteiger partial charge < -0.3 is 10.6 Å². The number of nitro benzene ring substituents is 1. The molecule has 0 aromatic heterocycles. The number of carbonyl (C=O) groups is 1. The van der Waals surface area contributed by atoms with Crippen molar-refractivity contribution in [2.75, 3.05) is 23.9 Å². The molecule has 0 aliphatic rings. The molecule has 0 saturated carbocycles. The van der Waals surface area contributed by atoms with E-state index in [1.54, 1.807) is 11.8 Å². The summed E-state index contributed by atoms with van der Waals surface area (Å²) in [5.41, 5.74) is 0.772. The highest BCUT2D eigenvalue weighted by atomic mass is 32.2. The van der Waals surface area contributed by atoms with Crippen LogP contribution in [-0.2, 0) is 0 Å². The first-order valence-electron chi connectivity index (χ1n) is 6.85. The lowest BCUT2D eigenvalue weighted by Crippen LogP contribution is -2.36. The molecule has 0 fully saturated rings. The number of hydrogen-bond acceptors (Lipinski definition) is 5. The number of amides is 1. The maximum absolute atomic E-state index is 12.2. The third-order valence-corrected chi connectivity index (χ3v) is 3.75. The van der Waals surface area contributed by atoms with E-state index in [9.17, 15) is 14.9 Å². The minimum Gasteiger partial charge on any atom is -0.380 e. The fourth-order valence-electron chi connectivity index (χ4n) is 1.90. The molecule has 1 unspecified atom stereocenters. The molecule has 1 rings (SSSR count). The SMILES string of the molecule is CCNc1cc(C(=O)NC(CC)CSC)ccc1[N+](=O)[O-]. The van der Waals surface area contributed by atoms with Crippen molar-refractivity contribution in [3.63, 3.8) is 0 Å². The minimum absolute atomic E-state index is 0.0236. The molecule has 21 heavy (non-hydrogen) atoms. The van der Waals surface area contributed by atoms with Crippen molar-refractivity contribution >= 4 is 29.0 Å². The fourth-order valence-corrected chi connectivity index (χ4v) is 2.62. The summed E-state index contributed by atoms with van der Waals surface area (Å²) >= 11 is 1.67. The number of benzene rings is 1. The van der Waals surface area contributed by atoms with Gasteiger partial charge in [-0.05, 0) is 31.7 Å². The van der Waals surface area contributed by atoms with Crippen molar-refractivity contribution in [2.24, 2.45) is 0 Å². The number of rotatable bonds is 8. The van der Waals surface area contributed by atoms with Gasteiger partial charge >= 0.3 is 0 Å². The van der Waals surface area contributed by atoms with Crippen molar-refractivity contribution < 1.29 is 9.72 Å². The molecule has 116 valence electrons. The maximum Gasteiger partial charge on any atom is 0.292 e. The molecule has 0 bridgehead atoms. The molecule has 6 nitrogen and oxygen atoms in total. The highest BCUT2D eigenvalue weighted by Crippen LogP contribution is 2.25. The van der Waals surface area contributed by atoms with Crippen LogP contribution in [0.4, 0.5) is 11.4 Å². The zero-order valence-electron chi connectivity index (χ0n) is 12.5. The van der Waals surface area contributed by atoms with Crippen molar-refractivity contribution in [2.45, 2.75) is 26.3 Å². The second-order valence-electron chi connectivity index (χ2n) is 4.55. The van der Waals surface area contributed by atoms with Crippen molar-refractivity contribution in [3.8, 4) is 0 Å². The van der Waals surface area contributed by atoms with E-state index in [0.29, 0.717) is 17.8 Å². The largest absolute Gasteiger partial charge is 0.380 e. The lowest BCUT2D eigenvalue weighted by atomic mass is 10.1. The van der Waals surface area contributed by atoms with Gasteiger partial charge in [-0.25, -0.2) is 0 Å². The average molecular weight is 311 g/mol. The van der Waals surface area contributed by atoms with Gasteiger partial charge in [0.05, 0.1) is 4.92 Å². The van der Waals surface area contributed by atoms with Crippen LogP contribution >= 0.6 is 11.8 Å². The first kappa shape index (κ1) is 17.3. The van der Waals surface area contributed by atoms with Gasteiger partial charge in [0, 0.05) is 30.0 Å². The molecule has 1 aromatic rings. The number of carbonyl (C=O) groups excluding carboxylic acids is 1. The summed E-state index contributed by atoms with van der Waals surface area (Å²) in [6, 6.07) is 4.48. The molecule has 7 heteroatoms. The Balaban J connectivity index is 2.94. The molecule has 1 atom stereocenters. The highest BCUT2D eigenvalue weighted by Gasteiger charge is 2.17. The Morgan fingerprint density at radius 3 is 2.67 bits per heavy atom. The molecule has 0 heterocycles. The zero-order valence-corrected chi connectivity index (χ0v) is 13.3. The van der Waals surface area contributed by atoms with Crippen LogP contribution in [0.2, 0.25) is 0 Å². The summed E-state index contributed by atoms with van der Waals surface area (Å²) in [7, 11) is 0. The quantitative estimate of drug-likeness (QED) is 0.569. The predicted molar refractivity (Wildman–Crippen MR) is 87.2 cm³/mol. The van der Waals surface area contributed by atoms with Gasteiger partial charge in [0.25, 0.3) is 11.6 Å². The summed E-state index contributed by atoms with van der Waals surface area (Å²) < 4.78 is 0. The van der Waals surface area contributed by atoms with Gasteiger partial charge in [-0.3, -0.25) is 14.9 Å². The third kappa shape index (κ3) is 4.93. The van der Waals surface area contributed by atoms with Gasteiger partial charge in [-0.15, -0.1) is 0 Å². The molecule has 0 spiro atoms. The van der Waals surface area contributed by atoms with Crippen LogP contribution in [0.15, 0.2) is 18.2 Å². The fraction of sp³-hybridized carbons (Fsp3) is 0.500. The standard InChI is InChI=1S/C14H21N3O3S/c1-4-11(9-21-3)16-14(18)10-6-7-13(17(19)20)12(8-10)15-5-2/h6-8,11,15H,4-5,9H2,1-3H3,(H,16,18). The highest BCUT2D eigenvalue weighted by molar-refractivity contribution is 7.98. The second kappa shape index (κ2) is 8.51. The smallest absolute Gasteiger partial charge is 0.292 e. The van der Waals surface area contributed by atoms with Crippen LogP contribution in [0.5, 0.6) is 0 Å². The normalized spacial score (nSPS) is 11.8. The molecule has 1 amide bonds. The summed E-state index contributed by atoms with van der Waals surface area (Å²) in [5.74, 6) is 0.639. The van der Waals surface area contributed by atoms with Crippen LogP contribution in [0.1, 0.15) is 30.6 Å². The molecule has 0 saturated heterocycles. The van der Waals surface area contributed by atoms with Gasteiger partial charge in [0.15, 0.2) is 0 Å². The van der Waals surface area contributed by atoms with Gasteiger partial charge in [0.2, 0.25) is 0 Å². The number of hydrogen-bond donors (Lipinski definition) is 2. The summed E-state index contributed by atoms with van der Waals surface area (Å²) in [4.78, 5) is 22.7. The summed E-state index contributed by atoms with van der Waals surface area (Å²) in [6.45, 7) is 4.42. The molecule has 0 aliphatic carbocycles. The first-order chi connectivity index (χ1) is 10.0. The Bertz CT molecular complexity index is 508. The zero-order chi connectivity index (χ0) is 15.8. The van der Waals surface area contributed by atoms with E-state index in [1.165, 1.54) is 18.2 Å². The number of anilines is 1. The van der Waals surface area contributed by atoms with E-state index in [1.807, 2.05) is 20.1 Å². The van der Waals surface area contributed by atoms with Gasteiger partial charge in [-0.1, -0.05) is 6.92 Å². The maximum atomic E-state index is 12.2. The van der Waals surface area contributed by atoms with E-state index in [-0.39, 0.29) is 17.6 Å². The van der Waals surface area contributed by atoms with Crippen LogP contribution in [0.3, 0.4) is 0 Å². The van der Waals surface area contributed by atoms with Crippen molar-refractivity contribution in [3.05, 3.63) is 33.9 Å². The molecular weight excluding hydrogens is 290 g/mol. The number of nitrogens with zero attached hydrogens (tertiary/aromatic N) is 1. The van der Waals surface area contributed by atoms with Crippen molar-refractivity contribution in [1.29, 1.82) is 0 Å². The van der Waals surface area contributed by atoms with Crippen LogP contribution in [0, 0.1) is 10.1 Å². The number of nitrogens with one attached hydrogen (secondary N) is 2. The van der Waals surface area contributed by atoms with Crippen LogP contribution < -0.4 is 10.6 Å². The Labute approximate surface area is 128 Å². The Hall–Kier alpha value is -1.76. The van der Waals surface area contributed by atoms with E-state index >= 15 is 0 Å². The topological polar surface area (TPSA) is 84.3 Å². The predicted octanol–water partition coefficient (Wildman–Crippen LogP) is 2.90. The second-order valence-corrected chi connectivity index (χ2v) is 5.46. The average Bonchev–Trinajstić information content (AvgIpc) is 2.46. The first-order valence-corrected chi connectivity index (χ1v) is 8.24. The molecule has 0 aliphatic heterocycles. The van der Waals surface area contributed by atoms with E-state index in [4.69, 9.17) is 0 Å². The Kier molecular flexibility index (Phi) is 7.01. The lowest BCUT2D eigenvalue weighted by molar-refractivity contribution is -0.384. The van der Waals surface area contributed by atoms with E-state index in [0.717, 1.165) is 12.2 Å². The Morgan fingerprint density at radius 2 is 2.14 bits per heavy atom. The third-order valence-electron chi connectivity index (χ3n) is 3.02. The molecule has 1 aromatic carbocycles. The van der Waals surface area contributed by atoms with Crippen LogP contribution in [0.25, 0.3) is 0 Å². The molecule has 2 N–H and O–H groups in total. The Morgan fingerprint density at radius 1 is 1.43 bits per heavy atom. The number of nitro groups is 1. The lowest BCUT2D eigenvalue weighted by Gasteiger charge is -2.16. The van der Waals surface area contributed by atoms with Gasteiger partial charge in [-0.2, -0.15) is 11.8 Å². The molecular formula is C14H21N3O3S. The summed E-state index contributed by atoms with van der Waals surface area (Å²) in [5, 5.41) is 16.8. The summed E-state index contributed by atoms with van der Waals surface area (Å²) in [6.07, 6.45) is 2.84. The van der Waals surface area contributed by atoms with E-state index < -0.39 is 4.92 Å². The monoisotopic (exact) mass is 311 g/mol. The minimum atomic E-state index is -0.456.